The molecule has 0 aromatic heterocycles. The Morgan fingerprint density at radius 1 is 1.00 bits per heavy atom. The van der Waals surface area contributed by atoms with Crippen molar-refractivity contribution in [3.63, 3.8) is 0 Å². The molecule has 0 bridgehead atoms. The SMILES string of the molecule is Cc1ccc(C#N)c(Oc2cccc(C)c2C)c1. The fraction of sp³-hybridized carbons (Fsp3) is 0.188. The predicted molar refractivity (Wildman–Crippen MR) is 71.9 cm³/mol. The molecule has 0 saturated heterocycles. The molecule has 0 saturated carbocycles. The van der Waals surface area contributed by atoms with E-state index in [2.05, 4.69) is 6.07 Å². The Hall–Kier alpha value is -2.27. The summed E-state index contributed by atoms with van der Waals surface area (Å²) in [6, 6.07) is 13.7. The zero-order valence-electron chi connectivity index (χ0n) is 10.8. The molecule has 0 spiro atoms. The van der Waals surface area contributed by atoms with Crippen LogP contribution in [0.25, 0.3) is 0 Å². The normalized spacial score (nSPS) is 9.89. The number of hydrogen-bond acceptors (Lipinski definition) is 2. The Labute approximate surface area is 107 Å². The van der Waals surface area contributed by atoms with Gasteiger partial charge in [0.15, 0.2) is 0 Å². The Balaban J connectivity index is 2.43. The molecule has 0 radical (unpaired) electrons. The van der Waals surface area contributed by atoms with E-state index in [9.17, 15) is 0 Å². The lowest BCUT2D eigenvalue weighted by Gasteiger charge is -2.12. The lowest BCUT2D eigenvalue weighted by molar-refractivity contribution is 0.476. The van der Waals surface area contributed by atoms with Crippen LogP contribution >= 0.6 is 0 Å². The minimum atomic E-state index is 0.557. The van der Waals surface area contributed by atoms with E-state index >= 15 is 0 Å². The van der Waals surface area contributed by atoms with Crippen LogP contribution in [0.4, 0.5) is 0 Å². The first-order valence-corrected chi connectivity index (χ1v) is 5.86. The van der Waals surface area contributed by atoms with Gasteiger partial charge in [-0.15, -0.1) is 0 Å². The van der Waals surface area contributed by atoms with Crippen molar-refractivity contribution < 1.29 is 4.74 Å². The summed E-state index contributed by atoms with van der Waals surface area (Å²) in [4.78, 5) is 0. The Morgan fingerprint density at radius 2 is 1.78 bits per heavy atom. The van der Waals surface area contributed by atoms with Crippen LogP contribution in [0, 0.1) is 32.1 Å². The number of hydrogen-bond donors (Lipinski definition) is 0. The molecule has 2 aromatic carbocycles. The molecule has 18 heavy (non-hydrogen) atoms. The smallest absolute Gasteiger partial charge is 0.145 e. The van der Waals surface area contributed by atoms with Gasteiger partial charge in [-0.05, 0) is 55.7 Å². The summed E-state index contributed by atoms with van der Waals surface area (Å²) in [7, 11) is 0. The number of aryl methyl sites for hydroxylation is 2. The van der Waals surface area contributed by atoms with Gasteiger partial charge in [-0.25, -0.2) is 0 Å². The first kappa shape index (κ1) is 12.2. The predicted octanol–water partition coefficient (Wildman–Crippen LogP) is 4.28. The molecule has 2 heteroatoms. The van der Waals surface area contributed by atoms with Crippen LogP contribution in [0.15, 0.2) is 36.4 Å². The highest BCUT2D eigenvalue weighted by molar-refractivity contribution is 5.49. The highest BCUT2D eigenvalue weighted by atomic mass is 16.5. The molecule has 2 nitrogen and oxygen atoms in total. The van der Waals surface area contributed by atoms with E-state index in [1.165, 1.54) is 5.56 Å². The number of nitriles is 1. The summed E-state index contributed by atoms with van der Waals surface area (Å²) in [5.41, 5.74) is 3.91. The van der Waals surface area contributed by atoms with Gasteiger partial charge in [0.2, 0.25) is 0 Å². The van der Waals surface area contributed by atoms with Crippen molar-refractivity contribution in [3.05, 3.63) is 58.7 Å². The molecule has 0 heterocycles. The van der Waals surface area contributed by atoms with E-state index in [0.29, 0.717) is 11.3 Å². The molecule has 0 atom stereocenters. The maximum absolute atomic E-state index is 9.08. The van der Waals surface area contributed by atoms with Crippen LogP contribution in [0.1, 0.15) is 22.3 Å². The van der Waals surface area contributed by atoms with Crippen molar-refractivity contribution in [2.45, 2.75) is 20.8 Å². The molecule has 0 aliphatic rings. The summed E-state index contributed by atoms with van der Waals surface area (Å²) in [5, 5.41) is 9.08. The topological polar surface area (TPSA) is 33.0 Å². The third-order valence-corrected chi connectivity index (χ3v) is 3.03. The summed E-state index contributed by atoms with van der Waals surface area (Å²) in [5.74, 6) is 1.42. The van der Waals surface area contributed by atoms with E-state index in [0.717, 1.165) is 16.9 Å². The van der Waals surface area contributed by atoms with Crippen molar-refractivity contribution in [1.29, 1.82) is 5.26 Å². The average Bonchev–Trinajstić information content (AvgIpc) is 2.35. The summed E-state index contributed by atoms with van der Waals surface area (Å²) in [6.07, 6.45) is 0. The van der Waals surface area contributed by atoms with Gasteiger partial charge in [-0.2, -0.15) is 5.26 Å². The number of ether oxygens (including phenoxy) is 1. The molecule has 2 rings (SSSR count). The van der Waals surface area contributed by atoms with Gasteiger partial charge < -0.3 is 4.74 Å². The Kier molecular flexibility index (Phi) is 3.34. The minimum absolute atomic E-state index is 0.557. The largest absolute Gasteiger partial charge is 0.456 e. The van der Waals surface area contributed by atoms with Gasteiger partial charge in [-0.3, -0.25) is 0 Å². The molecule has 0 unspecified atom stereocenters. The molecule has 0 aliphatic carbocycles. The van der Waals surface area contributed by atoms with Gasteiger partial charge in [0.1, 0.15) is 17.6 Å². The summed E-state index contributed by atoms with van der Waals surface area (Å²) >= 11 is 0. The van der Waals surface area contributed by atoms with Crippen molar-refractivity contribution in [2.75, 3.05) is 0 Å². The third kappa shape index (κ3) is 2.36. The first-order chi connectivity index (χ1) is 8.61. The second-order valence-corrected chi connectivity index (χ2v) is 4.41. The fourth-order valence-electron chi connectivity index (χ4n) is 1.76. The van der Waals surface area contributed by atoms with Gasteiger partial charge in [-0.1, -0.05) is 18.2 Å². The second-order valence-electron chi connectivity index (χ2n) is 4.41. The number of rotatable bonds is 2. The second kappa shape index (κ2) is 4.93. The number of benzene rings is 2. The van der Waals surface area contributed by atoms with E-state index in [1.807, 2.05) is 51.1 Å². The molecule has 0 aliphatic heterocycles. The maximum Gasteiger partial charge on any atom is 0.145 e. The van der Waals surface area contributed by atoms with Gasteiger partial charge in [0, 0.05) is 0 Å². The lowest BCUT2D eigenvalue weighted by atomic mass is 10.1. The zero-order chi connectivity index (χ0) is 13.1. The molecule has 0 fully saturated rings. The van der Waals surface area contributed by atoms with Crippen LogP contribution in [0.2, 0.25) is 0 Å². The van der Waals surface area contributed by atoms with Gasteiger partial charge in [0.25, 0.3) is 0 Å². The van der Waals surface area contributed by atoms with E-state index in [1.54, 1.807) is 6.07 Å². The molecule has 0 N–H and O–H groups in total. The van der Waals surface area contributed by atoms with Crippen molar-refractivity contribution >= 4 is 0 Å². The van der Waals surface area contributed by atoms with Crippen molar-refractivity contribution in [3.8, 4) is 17.6 Å². The van der Waals surface area contributed by atoms with Gasteiger partial charge in [0.05, 0.1) is 5.56 Å². The molecule has 0 amide bonds. The zero-order valence-corrected chi connectivity index (χ0v) is 10.8. The monoisotopic (exact) mass is 237 g/mol. The van der Waals surface area contributed by atoms with Crippen LogP contribution < -0.4 is 4.74 Å². The first-order valence-electron chi connectivity index (χ1n) is 5.86. The number of nitrogens with zero attached hydrogens (tertiary/aromatic N) is 1. The minimum Gasteiger partial charge on any atom is -0.456 e. The Bertz CT molecular complexity index is 623. The summed E-state index contributed by atoms with van der Waals surface area (Å²) < 4.78 is 5.87. The average molecular weight is 237 g/mol. The van der Waals surface area contributed by atoms with Crippen LogP contribution in [-0.4, -0.2) is 0 Å². The van der Waals surface area contributed by atoms with Crippen molar-refractivity contribution in [2.24, 2.45) is 0 Å². The van der Waals surface area contributed by atoms with Crippen LogP contribution in [0.3, 0.4) is 0 Å². The highest BCUT2D eigenvalue weighted by Crippen LogP contribution is 2.29. The maximum atomic E-state index is 9.08. The molecule has 90 valence electrons. The van der Waals surface area contributed by atoms with E-state index < -0.39 is 0 Å². The van der Waals surface area contributed by atoms with Gasteiger partial charge >= 0.3 is 0 Å². The quantitative estimate of drug-likeness (QED) is 0.781. The Morgan fingerprint density at radius 3 is 2.50 bits per heavy atom. The highest BCUT2D eigenvalue weighted by Gasteiger charge is 2.07. The van der Waals surface area contributed by atoms with Crippen molar-refractivity contribution in [1.82, 2.24) is 0 Å². The molecule has 2 aromatic rings. The van der Waals surface area contributed by atoms with E-state index in [4.69, 9.17) is 10.00 Å². The van der Waals surface area contributed by atoms with Crippen LogP contribution in [0.5, 0.6) is 11.5 Å². The third-order valence-electron chi connectivity index (χ3n) is 3.03. The molecular formula is C16H15NO. The standard InChI is InChI=1S/C16H15NO/c1-11-7-8-14(10-17)16(9-11)18-15-6-4-5-12(2)13(15)3/h4-9H,1-3H3. The summed E-state index contributed by atoms with van der Waals surface area (Å²) in [6.45, 7) is 6.05. The van der Waals surface area contributed by atoms with Crippen LogP contribution in [-0.2, 0) is 0 Å². The lowest BCUT2D eigenvalue weighted by Crippen LogP contribution is -1.92. The fourth-order valence-corrected chi connectivity index (χ4v) is 1.76. The molecular weight excluding hydrogens is 222 g/mol. The van der Waals surface area contributed by atoms with E-state index in [-0.39, 0.29) is 0 Å².